The molecule has 0 radical (unpaired) electrons. The van der Waals surface area contributed by atoms with Gasteiger partial charge >= 0.3 is 141 Å². The number of halogens is 2. The van der Waals surface area contributed by atoms with Crippen molar-refractivity contribution in [3.63, 3.8) is 0 Å². The molecule has 0 bridgehead atoms. The molecule has 0 aliphatic rings. The molecule has 0 nitrogen and oxygen atoms in total. The minimum absolute atomic E-state index is 0.145. The van der Waals surface area contributed by atoms with Crippen LogP contribution in [0.2, 0.25) is 0 Å². The zero-order valence-electron chi connectivity index (χ0n) is 11.5. The van der Waals surface area contributed by atoms with E-state index in [0.717, 1.165) is 8.92 Å². The van der Waals surface area contributed by atoms with Crippen LogP contribution in [0.5, 0.6) is 0 Å². The van der Waals surface area contributed by atoms with Gasteiger partial charge in [-0.1, -0.05) is 0 Å². The molecule has 0 N–H and O–H groups in total. The van der Waals surface area contributed by atoms with E-state index in [-0.39, 0.29) is 41.5 Å². The van der Waals surface area contributed by atoms with Crippen molar-refractivity contribution in [3.8, 4) is 0 Å². The summed E-state index contributed by atoms with van der Waals surface area (Å²) in [5.41, 5.74) is 0. The first-order valence-electron chi connectivity index (χ1n) is 6.66. The van der Waals surface area contributed by atoms with Crippen LogP contribution in [0.3, 0.4) is 0 Å². The fourth-order valence-corrected chi connectivity index (χ4v) is 6.32. The molecule has 0 atom stereocenters. The maximum atomic E-state index is 13.0. The van der Waals surface area contributed by atoms with Crippen molar-refractivity contribution in [2.75, 3.05) is 0 Å². The van der Waals surface area contributed by atoms with Crippen LogP contribution in [-0.4, -0.2) is 29.9 Å². The molecule has 0 fully saturated rings. The van der Waals surface area contributed by atoms with E-state index in [4.69, 9.17) is 0 Å². The van der Waals surface area contributed by atoms with Gasteiger partial charge in [-0.2, -0.15) is 0 Å². The molecule has 0 saturated heterocycles. The van der Waals surface area contributed by atoms with E-state index in [2.05, 4.69) is 12.1 Å². The van der Waals surface area contributed by atoms with Gasteiger partial charge in [-0.15, -0.1) is 0 Å². The average Bonchev–Trinajstić information content (AvgIpc) is 2.54. The van der Waals surface area contributed by atoms with E-state index in [1.807, 2.05) is 36.4 Å². The number of rotatable bonds is 4. The number of hydrogen-bond acceptors (Lipinski definition) is 0. The van der Waals surface area contributed by atoms with Gasteiger partial charge in [-0.3, -0.25) is 0 Å². The first-order chi connectivity index (χ1) is 10.7. The van der Waals surface area contributed by atoms with Gasteiger partial charge in [0, 0.05) is 0 Å². The van der Waals surface area contributed by atoms with Crippen molar-refractivity contribution in [3.05, 3.63) is 84.4 Å². The van der Waals surface area contributed by atoms with Crippen molar-refractivity contribution >= 4 is 47.8 Å². The van der Waals surface area contributed by atoms with Crippen LogP contribution in [0.4, 0.5) is 8.78 Å². The third-order valence-corrected chi connectivity index (χ3v) is 8.13. The van der Waals surface area contributed by atoms with Crippen molar-refractivity contribution in [2.45, 2.75) is 0 Å². The van der Waals surface area contributed by atoms with Crippen LogP contribution in [0.25, 0.3) is 0 Å². The molecule has 110 valence electrons. The molecule has 0 heterocycles. The van der Waals surface area contributed by atoms with Crippen LogP contribution >= 0.6 is 0 Å². The van der Waals surface area contributed by atoms with E-state index in [9.17, 15) is 8.78 Å². The second-order valence-electron chi connectivity index (χ2n) is 4.56. The Morgan fingerprint density at radius 3 is 1.23 bits per heavy atom. The summed E-state index contributed by atoms with van der Waals surface area (Å²) in [6.45, 7) is 0. The van der Waals surface area contributed by atoms with Crippen molar-refractivity contribution in [2.24, 2.45) is 0 Å². The second-order valence-corrected chi connectivity index (χ2v) is 9.24. The van der Waals surface area contributed by atoms with E-state index in [1.165, 1.54) is 33.2 Å². The Labute approximate surface area is 140 Å². The third-order valence-electron chi connectivity index (χ3n) is 2.93. The second kappa shape index (κ2) is 7.21. The van der Waals surface area contributed by atoms with Gasteiger partial charge in [-0.25, -0.2) is 0 Å². The molecule has 0 saturated carbocycles. The fourth-order valence-electron chi connectivity index (χ4n) is 1.88. The molecule has 0 amide bonds. The fraction of sp³-hybridized carbons (Fsp3) is 0. The first-order valence-corrected chi connectivity index (χ1v) is 10.1. The van der Waals surface area contributed by atoms with Gasteiger partial charge in [0.25, 0.3) is 0 Å². The first kappa shape index (κ1) is 15.5. The standard InChI is InChI=1S/C18H12F2Se2/c19-13-5-9-15(10-6-13)21-17-3-1-2-4-18(17)22-16-11-7-14(20)8-12-16/h1-12H. The van der Waals surface area contributed by atoms with E-state index < -0.39 is 0 Å². The van der Waals surface area contributed by atoms with Crippen LogP contribution in [0.1, 0.15) is 0 Å². The molecular formula is C18H12F2Se2. The summed E-state index contributed by atoms with van der Waals surface area (Å²) >= 11 is 0.290. The summed E-state index contributed by atoms with van der Waals surface area (Å²) in [5.74, 6) is -0.410. The molecule has 3 rings (SSSR count). The zero-order valence-corrected chi connectivity index (χ0v) is 14.9. The predicted octanol–water partition coefficient (Wildman–Crippen LogP) is 1.27. The Kier molecular flexibility index (Phi) is 5.07. The summed E-state index contributed by atoms with van der Waals surface area (Å²) in [6.07, 6.45) is 0. The molecule has 0 aliphatic heterocycles. The molecule has 3 aromatic carbocycles. The van der Waals surface area contributed by atoms with E-state index >= 15 is 0 Å². The van der Waals surface area contributed by atoms with Gasteiger partial charge in [-0.05, 0) is 0 Å². The van der Waals surface area contributed by atoms with Crippen LogP contribution in [-0.2, 0) is 0 Å². The molecule has 0 unspecified atom stereocenters. The minimum atomic E-state index is -0.205. The van der Waals surface area contributed by atoms with Crippen LogP contribution < -0.4 is 17.8 Å². The number of hydrogen-bond donors (Lipinski definition) is 0. The van der Waals surface area contributed by atoms with Gasteiger partial charge in [0.1, 0.15) is 0 Å². The predicted molar refractivity (Wildman–Crippen MR) is 89.3 cm³/mol. The van der Waals surface area contributed by atoms with Gasteiger partial charge < -0.3 is 0 Å². The van der Waals surface area contributed by atoms with Crippen molar-refractivity contribution in [1.29, 1.82) is 0 Å². The topological polar surface area (TPSA) is 0 Å². The van der Waals surface area contributed by atoms with Crippen LogP contribution in [0.15, 0.2) is 72.8 Å². The van der Waals surface area contributed by atoms with E-state index in [1.54, 1.807) is 0 Å². The summed E-state index contributed by atoms with van der Waals surface area (Å²) in [4.78, 5) is 0. The summed E-state index contributed by atoms with van der Waals surface area (Å²) in [5, 5.41) is 0. The molecule has 0 aromatic heterocycles. The summed E-state index contributed by atoms with van der Waals surface area (Å²) < 4.78 is 30.9. The molecule has 0 aliphatic carbocycles. The van der Waals surface area contributed by atoms with Crippen molar-refractivity contribution in [1.82, 2.24) is 0 Å². The Morgan fingerprint density at radius 2 is 0.864 bits per heavy atom. The summed E-state index contributed by atoms with van der Waals surface area (Å²) in [6, 6.07) is 21.7. The Morgan fingerprint density at radius 1 is 0.500 bits per heavy atom. The monoisotopic (exact) mass is 426 g/mol. The average molecular weight is 424 g/mol. The quantitative estimate of drug-likeness (QED) is 0.554. The van der Waals surface area contributed by atoms with Crippen molar-refractivity contribution < 1.29 is 8.78 Å². The van der Waals surface area contributed by atoms with Gasteiger partial charge in [0.15, 0.2) is 0 Å². The summed E-state index contributed by atoms with van der Waals surface area (Å²) in [7, 11) is 0. The molecular weight excluding hydrogens is 412 g/mol. The zero-order chi connectivity index (χ0) is 15.4. The molecule has 4 heteroatoms. The van der Waals surface area contributed by atoms with Gasteiger partial charge in [0.05, 0.1) is 0 Å². The third kappa shape index (κ3) is 4.06. The maximum absolute atomic E-state index is 13.0. The molecule has 3 aromatic rings. The number of benzene rings is 3. The Balaban J connectivity index is 1.83. The van der Waals surface area contributed by atoms with E-state index in [0.29, 0.717) is 0 Å². The SMILES string of the molecule is Fc1ccc([Se]c2ccccc2[Se]c2ccc(F)cc2)cc1. The molecule has 0 spiro atoms. The molecule has 22 heavy (non-hydrogen) atoms. The van der Waals surface area contributed by atoms with Crippen LogP contribution in [0, 0.1) is 11.6 Å². The van der Waals surface area contributed by atoms with Gasteiger partial charge in [0.2, 0.25) is 0 Å². The Bertz CT molecular complexity index is 686. The normalized spacial score (nSPS) is 10.6. The Hall–Kier alpha value is -1.44.